The summed E-state index contributed by atoms with van der Waals surface area (Å²) in [6.07, 6.45) is 0. The third-order valence-electron chi connectivity index (χ3n) is 1.98. The molecule has 1 amide bonds. The largest absolute Gasteiger partial charge is 0.326 e. The van der Waals surface area contributed by atoms with E-state index in [9.17, 15) is 4.79 Å². The van der Waals surface area contributed by atoms with Crippen LogP contribution >= 0.6 is 43.2 Å². The van der Waals surface area contributed by atoms with Gasteiger partial charge in [-0.2, -0.15) is 5.26 Å². The lowest BCUT2D eigenvalue weighted by Gasteiger charge is -2.18. The lowest BCUT2D eigenvalue weighted by molar-refractivity contribution is 0.0773. The molecule has 1 atom stereocenters. The van der Waals surface area contributed by atoms with E-state index in [0.717, 1.165) is 7.57 Å². The molecular formula is C9H8Br2N2OS. The van der Waals surface area contributed by atoms with Gasteiger partial charge in [-0.25, -0.2) is 0 Å². The Labute approximate surface area is 109 Å². The highest BCUT2D eigenvalue weighted by Crippen LogP contribution is 2.32. The first-order valence-electron chi connectivity index (χ1n) is 4.09. The average Bonchev–Trinajstić information content (AvgIpc) is 2.54. The van der Waals surface area contributed by atoms with Crippen LogP contribution in [0.2, 0.25) is 0 Å². The normalized spacial score (nSPS) is 11.9. The lowest BCUT2D eigenvalue weighted by Crippen LogP contribution is -2.33. The third-order valence-corrected chi connectivity index (χ3v) is 4.31. The Balaban J connectivity index is 2.96. The Kier molecular flexibility index (Phi) is 4.32. The van der Waals surface area contributed by atoms with Gasteiger partial charge in [0.05, 0.1) is 19.2 Å². The molecule has 1 aromatic rings. The fourth-order valence-corrected chi connectivity index (χ4v) is 3.72. The maximum Gasteiger partial charge on any atom is 0.256 e. The van der Waals surface area contributed by atoms with Gasteiger partial charge in [-0.1, -0.05) is 0 Å². The van der Waals surface area contributed by atoms with Crippen LogP contribution in [0, 0.1) is 11.3 Å². The summed E-state index contributed by atoms with van der Waals surface area (Å²) in [6, 6.07) is 3.34. The van der Waals surface area contributed by atoms with Gasteiger partial charge >= 0.3 is 0 Å². The van der Waals surface area contributed by atoms with Gasteiger partial charge in [-0.3, -0.25) is 4.79 Å². The van der Waals surface area contributed by atoms with Crippen LogP contribution in [-0.4, -0.2) is 23.9 Å². The molecule has 0 fully saturated rings. The first-order chi connectivity index (χ1) is 6.97. The van der Waals surface area contributed by atoms with E-state index in [-0.39, 0.29) is 5.91 Å². The summed E-state index contributed by atoms with van der Waals surface area (Å²) in [4.78, 5) is 13.3. The van der Waals surface area contributed by atoms with Crippen LogP contribution in [0.5, 0.6) is 0 Å². The molecule has 1 rings (SSSR count). The topological polar surface area (TPSA) is 44.1 Å². The number of halogens is 2. The van der Waals surface area contributed by atoms with Gasteiger partial charge in [0.1, 0.15) is 6.04 Å². The minimum absolute atomic E-state index is 0.155. The van der Waals surface area contributed by atoms with Crippen molar-refractivity contribution in [3.63, 3.8) is 0 Å². The molecular weight excluding hydrogens is 344 g/mol. The van der Waals surface area contributed by atoms with Crippen LogP contribution in [0.25, 0.3) is 0 Å². The lowest BCUT2D eigenvalue weighted by atomic mass is 10.2. The van der Waals surface area contributed by atoms with Gasteiger partial charge in [0.15, 0.2) is 0 Å². The highest BCUT2D eigenvalue weighted by Gasteiger charge is 2.20. The Morgan fingerprint density at radius 2 is 2.27 bits per heavy atom. The number of hydrogen-bond donors (Lipinski definition) is 0. The molecule has 6 heteroatoms. The molecule has 0 radical (unpaired) electrons. The Hall–Kier alpha value is -0.380. The number of carbonyl (C=O) groups excluding carboxylic acids is 1. The maximum absolute atomic E-state index is 11.9. The molecule has 0 aliphatic carbocycles. The summed E-state index contributed by atoms with van der Waals surface area (Å²) in [5.41, 5.74) is 0.580. The molecule has 0 bridgehead atoms. The van der Waals surface area contributed by atoms with Crippen LogP contribution in [0.4, 0.5) is 0 Å². The van der Waals surface area contributed by atoms with Gasteiger partial charge < -0.3 is 4.90 Å². The van der Waals surface area contributed by atoms with Crippen LogP contribution in [0.3, 0.4) is 0 Å². The Morgan fingerprint density at radius 1 is 1.67 bits per heavy atom. The van der Waals surface area contributed by atoms with Crippen molar-refractivity contribution in [3.8, 4) is 6.07 Å². The first-order valence-corrected chi connectivity index (χ1v) is 6.49. The van der Waals surface area contributed by atoms with E-state index in [1.807, 2.05) is 6.07 Å². The smallest absolute Gasteiger partial charge is 0.256 e. The number of thiophene rings is 1. The molecule has 15 heavy (non-hydrogen) atoms. The van der Waals surface area contributed by atoms with Crippen molar-refractivity contribution in [2.24, 2.45) is 0 Å². The van der Waals surface area contributed by atoms with Crippen molar-refractivity contribution < 1.29 is 4.79 Å². The third kappa shape index (κ3) is 2.80. The van der Waals surface area contributed by atoms with E-state index in [4.69, 9.17) is 5.26 Å². The molecule has 0 saturated heterocycles. The van der Waals surface area contributed by atoms with Gasteiger partial charge in [-0.15, -0.1) is 11.3 Å². The van der Waals surface area contributed by atoms with E-state index < -0.39 is 6.04 Å². The van der Waals surface area contributed by atoms with Crippen molar-refractivity contribution in [1.29, 1.82) is 5.26 Å². The average molecular weight is 352 g/mol. The summed E-state index contributed by atoms with van der Waals surface area (Å²) >= 11 is 8.06. The zero-order valence-corrected chi connectivity index (χ0v) is 12.1. The molecule has 3 nitrogen and oxygen atoms in total. The number of hydrogen-bond acceptors (Lipinski definition) is 3. The van der Waals surface area contributed by atoms with E-state index >= 15 is 0 Å². The molecule has 0 spiro atoms. The summed E-state index contributed by atoms with van der Waals surface area (Å²) in [5, 5.41) is 8.71. The minimum Gasteiger partial charge on any atom is -0.326 e. The van der Waals surface area contributed by atoms with Crippen LogP contribution in [0.1, 0.15) is 17.3 Å². The van der Waals surface area contributed by atoms with Crippen molar-refractivity contribution >= 4 is 49.1 Å². The second-order valence-electron chi connectivity index (χ2n) is 2.96. The quantitative estimate of drug-likeness (QED) is 0.820. The molecule has 0 aliphatic heterocycles. The van der Waals surface area contributed by atoms with Crippen molar-refractivity contribution in [1.82, 2.24) is 4.90 Å². The molecule has 1 unspecified atom stereocenters. The molecule has 1 heterocycles. The van der Waals surface area contributed by atoms with Crippen molar-refractivity contribution in [2.45, 2.75) is 13.0 Å². The van der Waals surface area contributed by atoms with E-state index in [0.29, 0.717) is 5.56 Å². The summed E-state index contributed by atoms with van der Waals surface area (Å²) < 4.78 is 1.66. The monoisotopic (exact) mass is 350 g/mol. The predicted molar refractivity (Wildman–Crippen MR) is 66.9 cm³/mol. The number of amides is 1. The van der Waals surface area contributed by atoms with Crippen molar-refractivity contribution in [3.05, 3.63) is 19.2 Å². The molecule has 80 valence electrons. The fraction of sp³-hybridized carbons (Fsp3) is 0.333. The van der Waals surface area contributed by atoms with Gasteiger partial charge in [0, 0.05) is 7.05 Å². The zero-order chi connectivity index (χ0) is 11.6. The second kappa shape index (κ2) is 5.10. The summed E-state index contributed by atoms with van der Waals surface area (Å²) in [5.74, 6) is -0.155. The standard InChI is InChI=1S/C9H8Br2N2OS/c1-5(4-12)13(2)9(14)6-3-7(10)15-8(6)11/h3,5H,1-2H3. The number of nitriles is 1. The van der Waals surface area contributed by atoms with Gasteiger partial charge in [0.2, 0.25) is 0 Å². The molecule has 0 aliphatic rings. The van der Waals surface area contributed by atoms with E-state index in [1.54, 1.807) is 20.0 Å². The molecule has 0 aromatic carbocycles. The predicted octanol–water partition coefficient (Wildman–Crippen LogP) is 3.26. The Morgan fingerprint density at radius 3 is 2.67 bits per heavy atom. The molecule has 1 aromatic heterocycles. The van der Waals surface area contributed by atoms with E-state index in [1.165, 1.54) is 16.2 Å². The highest BCUT2D eigenvalue weighted by atomic mass is 79.9. The summed E-state index contributed by atoms with van der Waals surface area (Å²) in [6.45, 7) is 1.69. The van der Waals surface area contributed by atoms with Crippen LogP contribution < -0.4 is 0 Å². The van der Waals surface area contributed by atoms with Gasteiger partial charge in [-0.05, 0) is 44.8 Å². The Bertz CT molecular complexity index is 424. The molecule has 0 N–H and O–H groups in total. The molecule has 0 saturated carbocycles. The highest BCUT2D eigenvalue weighted by molar-refractivity contribution is 9.12. The van der Waals surface area contributed by atoms with Crippen molar-refractivity contribution in [2.75, 3.05) is 7.05 Å². The number of nitrogens with zero attached hydrogens (tertiary/aromatic N) is 2. The zero-order valence-electron chi connectivity index (χ0n) is 8.12. The summed E-state index contributed by atoms with van der Waals surface area (Å²) in [7, 11) is 1.62. The van der Waals surface area contributed by atoms with Crippen LogP contribution in [0.15, 0.2) is 13.6 Å². The second-order valence-corrected chi connectivity index (χ2v) is 6.71. The van der Waals surface area contributed by atoms with E-state index in [2.05, 4.69) is 31.9 Å². The maximum atomic E-state index is 11.9. The first kappa shape index (κ1) is 12.7. The number of carbonyl (C=O) groups is 1. The fourth-order valence-electron chi connectivity index (χ4n) is 0.939. The SMILES string of the molecule is CC(C#N)N(C)C(=O)c1cc(Br)sc1Br. The minimum atomic E-state index is -0.428. The number of rotatable bonds is 2. The van der Waals surface area contributed by atoms with Gasteiger partial charge in [0.25, 0.3) is 5.91 Å². The van der Waals surface area contributed by atoms with Crippen LogP contribution in [-0.2, 0) is 0 Å².